The minimum absolute atomic E-state index is 0.0679. The molecule has 1 aliphatic heterocycles. The molecule has 2 heterocycles. The fraction of sp³-hybridized carbons (Fsp3) is 0.444. The van der Waals surface area contributed by atoms with Crippen molar-refractivity contribution in [3.8, 4) is 11.5 Å². The van der Waals surface area contributed by atoms with Crippen LogP contribution in [0.4, 0.5) is 5.69 Å². The molecule has 2 N–H and O–H groups in total. The maximum atomic E-state index is 12.5. The molecule has 1 fully saturated rings. The first kappa shape index (κ1) is 15.7. The molecule has 1 aliphatic rings. The monoisotopic (exact) mass is 313 g/mol. The van der Waals surface area contributed by atoms with Gasteiger partial charge in [0.2, 0.25) is 11.8 Å². The predicted molar refractivity (Wildman–Crippen MR) is 90.2 cm³/mol. The van der Waals surface area contributed by atoms with Crippen molar-refractivity contribution in [2.45, 2.75) is 39.7 Å². The van der Waals surface area contributed by atoms with Gasteiger partial charge in [-0.15, -0.1) is 0 Å². The van der Waals surface area contributed by atoms with E-state index in [1.54, 1.807) is 6.26 Å². The molecule has 3 rings (SSSR count). The Bertz CT molecular complexity index is 708. The van der Waals surface area contributed by atoms with Crippen LogP contribution in [0.15, 0.2) is 28.9 Å². The molecule has 0 aliphatic carbocycles. The standard InChI is InChI=1S/C18H23N3O2/c1-11-4-5-15(18-20-13(3)10-23-18)9-16(11)21-17(22)14-6-7-19-12(2)8-14/h4-5,9-10,12,14,19H,6-8H2,1-3H3,(H,21,22)/t12-,14-/m0/s1. The van der Waals surface area contributed by atoms with Crippen molar-refractivity contribution in [1.29, 1.82) is 0 Å². The number of carbonyl (C=O) groups excluding carboxylic acids is 1. The third-order valence-corrected chi connectivity index (χ3v) is 4.36. The summed E-state index contributed by atoms with van der Waals surface area (Å²) in [5.74, 6) is 0.744. The van der Waals surface area contributed by atoms with Crippen molar-refractivity contribution in [1.82, 2.24) is 10.3 Å². The van der Waals surface area contributed by atoms with E-state index in [0.29, 0.717) is 11.9 Å². The molecule has 0 bridgehead atoms. The van der Waals surface area contributed by atoms with E-state index in [0.717, 1.165) is 41.9 Å². The third kappa shape index (κ3) is 3.62. The van der Waals surface area contributed by atoms with Crippen molar-refractivity contribution >= 4 is 11.6 Å². The summed E-state index contributed by atoms with van der Waals surface area (Å²) in [4.78, 5) is 16.9. The van der Waals surface area contributed by atoms with E-state index in [1.807, 2.05) is 32.0 Å². The maximum absolute atomic E-state index is 12.5. The van der Waals surface area contributed by atoms with Crippen LogP contribution in [-0.2, 0) is 4.79 Å². The van der Waals surface area contributed by atoms with Crippen LogP contribution >= 0.6 is 0 Å². The summed E-state index contributed by atoms with van der Waals surface area (Å²) in [6, 6.07) is 6.27. The Morgan fingerprint density at radius 2 is 2.22 bits per heavy atom. The molecule has 0 unspecified atom stereocenters. The van der Waals surface area contributed by atoms with Gasteiger partial charge in [0.25, 0.3) is 0 Å². The number of oxazole rings is 1. The lowest BCUT2D eigenvalue weighted by molar-refractivity contribution is -0.120. The number of aromatic nitrogens is 1. The lowest BCUT2D eigenvalue weighted by Crippen LogP contribution is -2.40. The average Bonchev–Trinajstić information content (AvgIpc) is 2.96. The van der Waals surface area contributed by atoms with Gasteiger partial charge in [0, 0.05) is 23.2 Å². The molecular formula is C18H23N3O2. The molecule has 0 spiro atoms. The number of amides is 1. The Kier molecular flexibility index (Phi) is 4.48. The smallest absolute Gasteiger partial charge is 0.227 e. The zero-order chi connectivity index (χ0) is 16.4. The summed E-state index contributed by atoms with van der Waals surface area (Å²) in [7, 11) is 0. The van der Waals surface area contributed by atoms with Crippen molar-refractivity contribution < 1.29 is 9.21 Å². The highest BCUT2D eigenvalue weighted by molar-refractivity contribution is 5.94. The molecule has 122 valence electrons. The summed E-state index contributed by atoms with van der Waals surface area (Å²) < 4.78 is 5.45. The van der Waals surface area contributed by atoms with Gasteiger partial charge in [-0.25, -0.2) is 4.98 Å². The Morgan fingerprint density at radius 1 is 1.39 bits per heavy atom. The minimum Gasteiger partial charge on any atom is -0.444 e. The molecular weight excluding hydrogens is 290 g/mol. The van der Waals surface area contributed by atoms with Gasteiger partial charge in [0.1, 0.15) is 6.26 Å². The first-order valence-corrected chi connectivity index (χ1v) is 8.10. The van der Waals surface area contributed by atoms with Gasteiger partial charge in [-0.2, -0.15) is 0 Å². The second-order valence-corrected chi connectivity index (χ2v) is 6.39. The highest BCUT2D eigenvalue weighted by Crippen LogP contribution is 2.26. The van der Waals surface area contributed by atoms with Crippen LogP contribution in [0.25, 0.3) is 11.5 Å². The largest absolute Gasteiger partial charge is 0.444 e. The number of aryl methyl sites for hydroxylation is 2. The molecule has 2 aromatic rings. The molecule has 23 heavy (non-hydrogen) atoms. The highest BCUT2D eigenvalue weighted by atomic mass is 16.3. The summed E-state index contributed by atoms with van der Waals surface area (Å²) in [5, 5.41) is 6.46. The molecule has 1 saturated heterocycles. The summed E-state index contributed by atoms with van der Waals surface area (Å²) in [5.41, 5.74) is 3.58. The number of nitrogens with zero attached hydrogens (tertiary/aromatic N) is 1. The first-order chi connectivity index (χ1) is 11.0. The van der Waals surface area contributed by atoms with Crippen LogP contribution in [0.3, 0.4) is 0 Å². The Morgan fingerprint density at radius 3 is 2.91 bits per heavy atom. The van der Waals surface area contributed by atoms with E-state index in [4.69, 9.17) is 4.42 Å². The zero-order valence-electron chi connectivity index (χ0n) is 13.8. The van der Waals surface area contributed by atoms with E-state index in [-0.39, 0.29) is 11.8 Å². The minimum atomic E-state index is 0.0679. The summed E-state index contributed by atoms with van der Waals surface area (Å²) in [6.45, 7) is 6.90. The summed E-state index contributed by atoms with van der Waals surface area (Å²) >= 11 is 0. The quantitative estimate of drug-likeness (QED) is 0.912. The Hall–Kier alpha value is -2.14. The number of benzene rings is 1. The molecule has 5 nitrogen and oxygen atoms in total. The van der Waals surface area contributed by atoms with Gasteiger partial charge in [0.15, 0.2) is 0 Å². The van der Waals surface area contributed by atoms with Gasteiger partial charge in [0.05, 0.1) is 5.69 Å². The van der Waals surface area contributed by atoms with E-state index < -0.39 is 0 Å². The van der Waals surface area contributed by atoms with E-state index in [9.17, 15) is 4.79 Å². The van der Waals surface area contributed by atoms with Gasteiger partial charge < -0.3 is 15.1 Å². The number of piperidine rings is 1. The third-order valence-electron chi connectivity index (χ3n) is 4.36. The van der Waals surface area contributed by atoms with Crippen LogP contribution in [0, 0.1) is 19.8 Å². The molecule has 1 aromatic carbocycles. The van der Waals surface area contributed by atoms with Gasteiger partial charge in [-0.05, 0) is 57.9 Å². The second-order valence-electron chi connectivity index (χ2n) is 6.39. The fourth-order valence-corrected chi connectivity index (χ4v) is 2.98. The molecule has 0 saturated carbocycles. The number of anilines is 1. The SMILES string of the molecule is Cc1coc(-c2ccc(C)c(NC(=O)[C@H]3CCN[C@@H](C)C3)c2)n1. The summed E-state index contributed by atoms with van der Waals surface area (Å²) in [6.07, 6.45) is 3.39. The average molecular weight is 313 g/mol. The molecule has 2 atom stereocenters. The number of carbonyl (C=O) groups is 1. The van der Waals surface area contributed by atoms with Crippen LogP contribution in [0.5, 0.6) is 0 Å². The van der Waals surface area contributed by atoms with Crippen LogP contribution in [0.2, 0.25) is 0 Å². The first-order valence-electron chi connectivity index (χ1n) is 8.10. The van der Waals surface area contributed by atoms with Crippen LogP contribution in [0.1, 0.15) is 31.0 Å². The lowest BCUT2D eigenvalue weighted by Gasteiger charge is -2.27. The van der Waals surface area contributed by atoms with Gasteiger partial charge >= 0.3 is 0 Å². The number of rotatable bonds is 3. The lowest BCUT2D eigenvalue weighted by atomic mass is 9.92. The van der Waals surface area contributed by atoms with E-state index in [2.05, 4.69) is 22.5 Å². The fourth-order valence-electron chi connectivity index (χ4n) is 2.98. The predicted octanol–water partition coefficient (Wildman–Crippen LogP) is 3.29. The van der Waals surface area contributed by atoms with E-state index in [1.165, 1.54) is 0 Å². The molecule has 1 amide bonds. The topological polar surface area (TPSA) is 67.2 Å². The van der Waals surface area contributed by atoms with Gasteiger partial charge in [-0.1, -0.05) is 6.07 Å². The maximum Gasteiger partial charge on any atom is 0.227 e. The highest BCUT2D eigenvalue weighted by Gasteiger charge is 2.25. The molecule has 5 heteroatoms. The van der Waals surface area contributed by atoms with Crippen LogP contribution in [-0.4, -0.2) is 23.5 Å². The molecule has 1 aromatic heterocycles. The number of nitrogens with one attached hydrogen (secondary N) is 2. The van der Waals surface area contributed by atoms with Crippen molar-refractivity contribution in [2.75, 3.05) is 11.9 Å². The van der Waals surface area contributed by atoms with Crippen molar-refractivity contribution in [3.63, 3.8) is 0 Å². The van der Waals surface area contributed by atoms with Gasteiger partial charge in [-0.3, -0.25) is 4.79 Å². The van der Waals surface area contributed by atoms with Crippen molar-refractivity contribution in [2.24, 2.45) is 5.92 Å². The second kappa shape index (κ2) is 6.54. The van der Waals surface area contributed by atoms with Crippen molar-refractivity contribution in [3.05, 3.63) is 35.7 Å². The Balaban J connectivity index is 1.78. The number of hydrogen-bond donors (Lipinski definition) is 2. The van der Waals surface area contributed by atoms with Crippen LogP contribution < -0.4 is 10.6 Å². The molecule has 0 radical (unpaired) electrons. The Labute approximate surface area is 136 Å². The zero-order valence-corrected chi connectivity index (χ0v) is 13.8. The van der Waals surface area contributed by atoms with E-state index >= 15 is 0 Å². The number of hydrogen-bond acceptors (Lipinski definition) is 4. The normalized spacial score (nSPS) is 21.2.